The highest BCUT2D eigenvalue weighted by molar-refractivity contribution is 7.19. The number of hydrogen-bond donors (Lipinski definition) is 1. The van der Waals surface area contributed by atoms with Crippen LogP contribution in [-0.2, 0) is 6.42 Å². The Morgan fingerprint density at radius 1 is 1.40 bits per heavy atom. The maximum Gasteiger partial charge on any atom is 0.0448 e. The molecule has 1 aliphatic rings. The second kappa shape index (κ2) is 6.09. The van der Waals surface area contributed by atoms with E-state index in [0.29, 0.717) is 6.04 Å². The van der Waals surface area contributed by atoms with Crippen molar-refractivity contribution in [1.82, 2.24) is 0 Å². The molecule has 0 aromatic heterocycles. The van der Waals surface area contributed by atoms with Crippen LogP contribution in [0.3, 0.4) is 0 Å². The van der Waals surface area contributed by atoms with Crippen LogP contribution < -0.4 is 10.4 Å². The van der Waals surface area contributed by atoms with Crippen LogP contribution in [0.4, 0.5) is 5.69 Å². The molecule has 1 aromatic carbocycles. The lowest BCUT2D eigenvalue weighted by Gasteiger charge is -2.34. The van der Waals surface area contributed by atoms with Gasteiger partial charge in [-0.1, -0.05) is 32.0 Å². The van der Waals surface area contributed by atoms with Crippen molar-refractivity contribution in [3.05, 3.63) is 29.8 Å². The highest BCUT2D eigenvalue weighted by Gasteiger charge is 2.21. The molecule has 84 valence electrons. The summed E-state index contributed by atoms with van der Waals surface area (Å²) >= 11 is 0. The van der Waals surface area contributed by atoms with Crippen LogP contribution in [0.1, 0.15) is 25.8 Å². The second-order valence-electron chi connectivity index (χ2n) is 3.46. The zero-order chi connectivity index (χ0) is 11.3. The summed E-state index contributed by atoms with van der Waals surface area (Å²) in [6.45, 7) is 4.73. The fourth-order valence-corrected chi connectivity index (χ4v) is 2.39. The maximum absolute atomic E-state index is 5.70. The van der Waals surface area contributed by atoms with Gasteiger partial charge in [-0.2, -0.15) is 0 Å². The van der Waals surface area contributed by atoms with Gasteiger partial charge >= 0.3 is 0 Å². The molecule has 0 spiro atoms. The van der Waals surface area contributed by atoms with E-state index in [0.717, 1.165) is 19.4 Å². The summed E-state index contributed by atoms with van der Waals surface area (Å²) in [5.74, 6) is 0. The molecular weight excluding hydrogens is 203 g/mol. The predicted octanol–water partition coefficient (Wildman–Crippen LogP) is 2.58. The topological polar surface area (TPSA) is 29.3 Å². The molecule has 2 unspecified atom stereocenters. The summed E-state index contributed by atoms with van der Waals surface area (Å²) in [6.07, 6.45) is 2.32. The van der Waals surface area contributed by atoms with Gasteiger partial charge in [-0.25, -0.2) is 0 Å². The van der Waals surface area contributed by atoms with Gasteiger partial charge in [0.05, 0.1) is 0 Å². The average Bonchev–Trinajstić information content (AvgIpc) is 2.33. The van der Waals surface area contributed by atoms with Crippen molar-refractivity contribution in [3.8, 4) is 0 Å². The van der Waals surface area contributed by atoms with Crippen molar-refractivity contribution < 1.29 is 0 Å². The minimum atomic E-state index is 0.486. The summed E-state index contributed by atoms with van der Waals surface area (Å²) in [5, 5.41) is 0. The summed E-state index contributed by atoms with van der Waals surface area (Å²) in [5.41, 5.74) is 8.44. The van der Waals surface area contributed by atoms with Gasteiger partial charge in [-0.05, 0) is 33.9 Å². The van der Waals surface area contributed by atoms with Crippen molar-refractivity contribution in [3.63, 3.8) is 0 Å². The molecule has 2 rings (SSSR count). The molecule has 1 heterocycles. The molecule has 0 radical (unpaired) electrons. The van der Waals surface area contributed by atoms with E-state index in [2.05, 4.69) is 38.3 Å². The molecule has 0 bridgehead atoms. The number of anilines is 1. The quantitative estimate of drug-likeness (QED) is 0.743. The highest BCUT2D eigenvalue weighted by atomic mass is 31.0. The van der Waals surface area contributed by atoms with Gasteiger partial charge < -0.3 is 10.4 Å². The van der Waals surface area contributed by atoms with Crippen molar-refractivity contribution in [2.75, 3.05) is 11.2 Å². The van der Waals surface area contributed by atoms with Crippen molar-refractivity contribution in [2.24, 2.45) is 5.73 Å². The number of nitrogens with two attached hydrogens (primary N) is 1. The average molecular weight is 224 g/mol. The van der Waals surface area contributed by atoms with Gasteiger partial charge in [0.25, 0.3) is 0 Å². The van der Waals surface area contributed by atoms with Crippen LogP contribution in [0.5, 0.6) is 0 Å². The Labute approximate surface area is 95.1 Å². The van der Waals surface area contributed by atoms with Crippen LogP contribution >= 0.6 is 9.39 Å². The first-order chi connectivity index (χ1) is 7.33. The molecule has 15 heavy (non-hydrogen) atoms. The van der Waals surface area contributed by atoms with Crippen LogP contribution in [0.25, 0.3) is 0 Å². The van der Waals surface area contributed by atoms with Gasteiger partial charge in [0.15, 0.2) is 0 Å². The fourth-order valence-electron chi connectivity index (χ4n) is 1.86. The second-order valence-corrected chi connectivity index (χ2v) is 4.02. The Morgan fingerprint density at radius 2 is 2.07 bits per heavy atom. The first-order valence-electron chi connectivity index (χ1n) is 5.65. The molecular formula is C12H21N2P. The first kappa shape index (κ1) is 12.5. The number of nitrogens with zero attached hydrogens (tertiary/aromatic N) is 1. The molecule has 2 N–H and O–H groups in total. The van der Waals surface area contributed by atoms with E-state index in [-0.39, 0.29) is 0 Å². The summed E-state index contributed by atoms with van der Waals surface area (Å²) in [4.78, 5) is 0. The standard InChI is InChI=1S/C10H15N2P.C2H6/c11-7-9-6-5-8-3-1-2-4-10(8)12(9)13;1-2/h1-4,9H,5-7,11,13H2;1-2H3. The SMILES string of the molecule is CC.NCC1CCc2ccccc2N1P. The summed E-state index contributed by atoms with van der Waals surface area (Å²) in [7, 11) is 2.77. The van der Waals surface area contributed by atoms with Gasteiger partial charge in [0, 0.05) is 18.3 Å². The molecule has 0 fully saturated rings. The normalized spacial score (nSPS) is 18.9. The van der Waals surface area contributed by atoms with E-state index >= 15 is 0 Å². The Balaban J connectivity index is 0.000000531. The summed E-state index contributed by atoms with van der Waals surface area (Å²) < 4.78 is 2.22. The van der Waals surface area contributed by atoms with E-state index in [1.807, 2.05) is 13.8 Å². The molecule has 1 aliphatic heterocycles. The van der Waals surface area contributed by atoms with E-state index in [9.17, 15) is 0 Å². The minimum absolute atomic E-state index is 0.486. The Hall–Kier alpha value is -0.590. The molecule has 2 atom stereocenters. The van der Waals surface area contributed by atoms with Crippen molar-refractivity contribution in [1.29, 1.82) is 0 Å². The van der Waals surface area contributed by atoms with Crippen molar-refractivity contribution >= 4 is 15.1 Å². The van der Waals surface area contributed by atoms with Gasteiger partial charge in [0.2, 0.25) is 0 Å². The van der Waals surface area contributed by atoms with Crippen LogP contribution in [0.15, 0.2) is 24.3 Å². The number of rotatable bonds is 1. The fraction of sp³-hybridized carbons (Fsp3) is 0.500. The number of fused-ring (bicyclic) bond motifs is 1. The van der Waals surface area contributed by atoms with E-state index in [4.69, 9.17) is 5.73 Å². The Bertz CT molecular complexity index is 301. The Kier molecular flexibility index (Phi) is 5.07. The van der Waals surface area contributed by atoms with E-state index in [1.165, 1.54) is 11.3 Å². The van der Waals surface area contributed by atoms with Crippen LogP contribution in [-0.4, -0.2) is 12.6 Å². The largest absolute Gasteiger partial charge is 0.351 e. The Morgan fingerprint density at radius 3 is 2.73 bits per heavy atom. The van der Waals surface area contributed by atoms with Gasteiger partial charge in [-0.3, -0.25) is 0 Å². The zero-order valence-corrected chi connectivity index (χ0v) is 10.8. The molecule has 1 aromatic rings. The maximum atomic E-state index is 5.70. The lowest BCUT2D eigenvalue weighted by atomic mass is 9.98. The lowest BCUT2D eigenvalue weighted by molar-refractivity contribution is 0.606. The first-order valence-corrected chi connectivity index (χ1v) is 6.16. The predicted molar refractivity (Wildman–Crippen MR) is 71.1 cm³/mol. The molecule has 0 saturated heterocycles. The third kappa shape index (κ3) is 2.70. The monoisotopic (exact) mass is 224 g/mol. The molecule has 3 heteroatoms. The number of benzene rings is 1. The molecule has 0 amide bonds. The van der Waals surface area contributed by atoms with Crippen LogP contribution in [0, 0.1) is 0 Å². The van der Waals surface area contributed by atoms with Gasteiger partial charge in [0.1, 0.15) is 0 Å². The smallest absolute Gasteiger partial charge is 0.0448 e. The molecule has 2 nitrogen and oxygen atoms in total. The number of hydrogen-bond acceptors (Lipinski definition) is 2. The van der Waals surface area contributed by atoms with Gasteiger partial charge in [-0.15, -0.1) is 0 Å². The highest BCUT2D eigenvalue weighted by Crippen LogP contribution is 2.32. The van der Waals surface area contributed by atoms with E-state index in [1.54, 1.807) is 0 Å². The molecule has 0 aliphatic carbocycles. The molecule has 0 saturated carbocycles. The lowest BCUT2D eigenvalue weighted by Crippen LogP contribution is -2.37. The van der Waals surface area contributed by atoms with Crippen LogP contribution in [0.2, 0.25) is 0 Å². The zero-order valence-electron chi connectivity index (χ0n) is 9.61. The minimum Gasteiger partial charge on any atom is -0.351 e. The third-order valence-electron chi connectivity index (χ3n) is 2.68. The van der Waals surface area contributed by atoms with E-state index < -0.39 is 0 Å². The number of para-hydroxylation sites is 1. The summed E-state index contributed by atoms with van der Waals surface area (Å²) in [6, 6.07) is 9.01. The number of aryl methyl sites for hydroxylation is 1. The van der Waals surface area contributed by atoms with Crippen molar-refractivity contribution in [2.45, 2.75) is 32.7 Å². The third-order valence-corrected chi connectivity index (χ3v) is 3.38.